The average molecular weight is 142 g/mol. The molecule has 0 bridgehead atoms. The van der Waals surface area contributed by atoms with Gasteiger partial charge in [0.05, 0.1) is 0 Å². The van der Waals surface area contributed by atoms with Crippen molar-refractivity contribution in [3.8, 4) is 6.57 Å². The highest BCUT2D eigenvalue weighted by molar-refractivity contribution is 6.74. The first-order chi connectivity index (χ1) is 4.06. The highest BCUT2D eigenvalue weighted by Crippen LogP contribution is 2.00. The molecule has 50 valence electrons. The molecule has 0 N–H and O–H groups in total. The lowest BCUT2D eigenvalue weighted by Crippen LogP contribution is -2.13. The number of hydrogen-bond acceptors (Lipinski definition) is 2. The molecule has 4 nitrogen and oxygen atoms in total. The largest absolute Gasteiger partial charge is 0.202 e. The molecular formula is C4H10N4Si. The quantitative estimate of drug-likeness (QED) is 0.239. The molecule has 0 rings (SSSR count). The number of nitrogens with zero attached hydrogens (tertiary/aromatic N) is 4. The first-order valence-electron chi connectivity index (χ1n) is 2.38. The van der Waals surface area contributed by atoms with Gasteiger partial charge in [0, 0.05) is 6.57 Å². The molecule has 0 amide bonds. The Morgan fingerprint density at radius 1 is 1.44 bits per heavy atom. The first-order valence-corrected chi connectivity index (χ1v) is 5.83. The summed E-state index contributed by atoms with van der Waals surface area (Å²) in [6.45, 7) is 9.48. The van der Waals surface area contributed by atoms with Gasteiger partial charge >= 0.3 is 0 Å². The Balaban J connectivity index is 0. The fourth-order valence-electron chi connectivity index (χ4n) is 0.134. The molecule has 0 radical (unpaired) electrons. The van der Waals surface area contributed by atoms with Crippen LogP contribution in [0.2, 0.25) is 19.6 Å². The van der Waals surface area contributed by atoms with Crippen molar-refractivity contribution in [2.24, 2.45) is 4.78 Å². The van der Waals surface area contributed by atoms with Crippen molar-refractivity contribution in [2.75, 3.05) is 0 Å². The molecule has 0 unspecified atom stereocenters. The number of rotatable bonds is 1. The van der Waals surface area contributed by atoms with Crippen molar-refractivity contribution >= 4 is 8.24 Å². The maximum atomic E-state index is 7.89. The van der Waals surface area contributed by atoms with Crippen LogP contribution in [0.15, 0.2) is 4.78 Å². The van der Waals surface area contributed by atoms with Crippen molar-refractivity contribution in [2.45, 2.75) is 19.6 Å². The molecule has 0 atom stereocenters. The van der Waals surface area contributed by atoms with Crippen LogP contribution in [0.4, 0.5) is 0 Å². The lowest BCUT2D eigenvalue weighted by atomic mass is 11.8. The Labute approximate surface area is 55.8 Å². The molecule has 0 saturated heterocycles. The fraction of sp³-hybridized carbons (Fsp3) is 0.750. The molecule has 0 heterocycles. The zero-order valence-corrected chi connectivity index (χ0v) is 6.87. The molecule has 0 aliphatic rings. The minimum Gasteiger partial charge on any atom is -0.202 e. The summed E-state index contributed by atoms with van der Waals surface area (Å²) < 4.78 is 3.58. The SMILES string of the molecule is C#N.C[Si](C)(C)N=[N+]=[N-]. The third-order valence-electron chi connectivity index (χ3n) is 0.345. The smallest absolute Gasteiger partial charge is 0.146 e. The minimum atomic E-state index is -1.45. The van der Waals surface area contributed by atoms with Gasteiger partial charge in [-0.2, -0.15) is 0 Å². The Bertz CT molecular complexity index is 127. The van der Waals surface area contributed by atoms with Crippen LogP contribution < -0.4 is 0 Å². The maximum Gasteiger partial charge on any atom is 0.146 e. The van der Waals surface area contributed by atoms with E-state index in [9.17, 15) is 0 Å². The van der Waals surface area contributed by atoms with E-state index in [1.54, 1.807) is 0 Å². The van der Waals surface area contributed by atoms with Crippen molar-refractivity contribution < 1.29 is 0 Å². The summed E-state index contributed by atoms with van der Waals surface area (Å²) in [4.78, 5) is 2.69. The van der Waals surface area contributed by atoms with Gasteiger partial charge in [0.1, 0.15) is 8.24 Å². The van der Waals surface area contributed by atoms with Gasteiger partial charge in [-0.3, -0.25) is 0 Å². The van der Waals surface area contributed by atoms with Crippen LogP contribution in [0.1, 0.15) is 0 Å². The van der Waals surface area contributed by atoms with Gasteiger partial charge in [0.15, 0.2) is 0 Å². The van der Waals surface area contributed by atoms with Crippen molar-refractivity contribution in [3.63, 3.8) is 0 Å². The molecule has 0 aliphatic carbocycles. The van der Waals surface area contributed by atoms with Crippen LogP contribution in [0.3, 0.4) is 0 Å². The highest BCUT2D eigenvalue weighted by atomic mass is 28.3. The van der Waals surface area contributed by atoms with Gasteiger partial charge in [-0.15, -0.1) is 4.78 Å². The molecule has 5 heteroatoms. The molecule has 0 aliphatic heterocycles. The van der Waals surface area contributed by atoms with E-state index in [0.29, 0.717) is 0 Å². The fourth-order valence-corrected chi connectivity index (χ4v) is 0.402. The zero-order valence-electron chi connectivity index (χ0n) is 5.87. The van der Waals surface area contributed by atoms with E-state index in [0.717, 1.165) is 0 Å². The normalized spacial score (nSPS) is 8.11. The summed E-state index contributed by atoms with van der Waals surface area (Å²) in [5.41, 5.74) is 7.89. The molecule has 0 aromatic rings. The van der Waals surface area contributed by atoms with Crippen LogP contribution in [-0.4, -0.2) is 8.24 Å². The Kier molecular flexibility index (Phi) is 6.25. The third-order valence-corrected chi connectivity index (χ3v) is 1.03. The van der Waals surface area contributed by atoms with Gasteiger partial charge in [-0.25, -0.2) is 5.26 Å². The van der Waals surface area contributed by atoms with Crippen molar-refractivity contribution in [3.05, 3.63) is 10.4 Å². The number of hydrogen-bond donors (Lipinski definition) is 0. The van der Waals surface area contributed by atoms with Gasteiger partial charge < -0.3 is 0 Å². The number of azide groups is 1. The van der Waals surface area contributed by atoms with E-state index in [4.69, 9.17) is 10.8 Å². The van der Waals surface area contributed by atoms with Gasteiger partial charge in [0.25, 0.3) is 0 Å². The van der Waals surface area contributed by atoms with Gasteiger partial charge in [-0.05, 0) is 10.4 Å². The number of nitriles is 1. The zero-order chi connectivity index (χ0) is 7.91. The summed E-state index contributed by atoms with van der Waals surface area (Å²) in [5, 5.41) is 6.50. The van der Waals surface area contributed by atoms with E-state index in [1.807, 2.05) is 19.6 Å². The molecule has 0 aromatic carbocycles. The summed E-state index contributed by atoms with van der Waals surface area (Å²) >= 11 is 0. The van der Waals surface area contributed by atoms with Crippen molar-refractivity contribution in [1.82, 2.24) is 0 Å². The molecule has 0 fully saturated rings. The molecule has 0 spiro atoms. The highest BCUT2D eigenvalue weighted by Gasteiger charge is 2.07. The van der Waals surface area contributed by atoms with E-state index in [-0.39, 0.29) is 0 Å². The van der Waals surface area contributed by atoms with Crippen molar-refractivity contribution in [1.29, 1.82) is 5.26 Å². The summed E-state index contributed by atoms with van der Waals surface area (Å²) in [6, 6.07) is 0. The van der Waals surface area contributed by atoms with Crippen LogP contribution in [0.5, 0.6) is 0 Å². The topological polar surface area (TPSA) is 72.5 Å². The Morgan fingerprint density at radius 3 is 1.78 bits per heavy atom. The van der Waals surface area contributed by atoms with Crippen LogP contribution in [-0.2, 0) is 0 Å². The van der Waals surface area contributed by atoms with Crippen LogP contribution in [0.25, 0.3) is 10.4 Å². The Morgan fingerprint density at radius 2 is 1.78 bits per heavy atom. The first kappa shape index (κ1) is 10.9. The summed E-state index contributed by atoms with van der Waals surface area (Å²) in [6.07, 6.45) is 0. The predicted molar refractivity (Wildman–Crippen MR) is 39.2 cm³/mol. The molecule has 0 aromatic heterocycles. The third kappa shape index (κ3) is 19.4. The van der Waals surface area contributed by atoms with Crippen LogP contribution in [0, 0.1) is 11.8 Å². The van der Waals surface area contributed by atoms with E-state index in [1.165, 1.54) is 0 Å². The second-order valence-corrected chi connectivity index (χ2v) is 6.90. The van der Waals surface area contributed by atoms with Crippen LogP contribution >= 0.6 is 0 Å². The second kappa shape index (κ2) is 5.16. The molecule has 0 saturated carbocycles. The predicted octanol–water partition coefficient (Wildman–Crippen LogP) is 2.27. The van der Waals surface area contributed by atoms with E-state index in [2.05, 4.69) is 16.3 Å². The standard InChI is InChI=1S/C3H9N3Si.CHN/c1-7(2,3)6-5-4;1-2/h1-3H3;1H. The lowest BCUT2D eigenvalue weighted by Gasteiger charge is -2.01. The summed E-state index contributed by atoms with van der Waals surface area (Å²) in [7, 11) is -1.45. The molecule has 9 heavy (non-hydrogen) atoms. The molecular weight excluding hydrogens is 132 g/mol. The second-order valence-electron chi connectivity index (χ2n) is 2.36. The van der Waals surface area contributed by atoms with E-state index >= 15 is 0 Å². The maximum absolute atomic E-state index is 7.89. The minimum absolute atomic E-state index is 1.45. The monoisotopic (exact) mass is 142 g/mol. The lowest BCUT2D eigenvalue weighted by molar-refractivity contribution is 1.52. The average Bonchev–Trinajstić information content (AvgIpc) is 1.69. The summed E-state index contributed by atoms with van der Waals surface area (Å²) in [5.74, 6) is 0. The Hall–Kier alpha value is -0.983. The van der Waals surface area contributed by atoms with E-state index < -0.39 is 8.24 Å². The van der Waals surface area contributed by atoms with Gasteiger partial charge in [0.2, 0.25) is 0 Å². The van der Waals surface area contributed by atoms with Gasteiger partial charge in [-0.1, -0.05) is 19.6 Å².